The molecule has 1 aromatic heterocycles. The highest BCUT2D eigenvalue weighted by Gasteiger charge is 2.28. The highest BCUT2D eigenvalue weighted by atomic mass is 32.1. The molecule has 2 amide bonds. The van der Waals surface area contributed by atoms with Crippen LogP contribution in [0.4, 0.5) is 0 Å². The number of carbonyl (C=O) groups excluding carboxylic acids is 2. The molecule has 25 heavy (non-hydrogen) atoms. The van der Waals surface area contributed by atoms with Gasteiger partial charge in [0.1, 0.15) is 0 Å². The second kappa shape index (κ2) is 9.18. The number of piperidine rings is 1. The molecule has 2 heterocycles. The van der Waals surface area contributed by atoms with Crippen molar-refractivity contribution in [3.05, 3.63) is 34.0 Å². The number of nitrogens with one attached hydrogen (secondary N) is 1. The molecule has 0 spiro atoms. The number of carbonyl (C=O) groups is 2. The molecule has 5 heteroatoms. The molecular weight excluding hydrogens is 332 g/mol. The molecule has 4 nitrogen and oxygen atoms in total. The number of aryl methyl sites for hydroxylation is 3. The van der Waals surface area contributed by atoms with Crippen molar-refractivity contribution in [2.45, 2.75) is 46.5 Å². The van der Waals surface area contributed by atoms with E-state index in [2.05, 4.69) is 38.7 Å². The van der Waals surface area contributed by atoms with E-state index in [4.69, 9.17) is 0 Å². The highest BCUT2D eigenvalue weighted by Crippen LogP contribution is 2.25. The Morgan fingerprint density at radius 1 is 1.44 bits per heavy atom. The third kappa shape index (κ3) is 5.70. The van der Waals surface area contributed by atoms with Gasteiger partial charge in [0.2, 0.25) is 11.8 Å². The number of hydrogen-bond acceptors (Lipinski definition) is 3. The van der Waals surface area contributed by atoms with Gasteiger partial charge in [-0.15, -0.1) is 11.3 Å². The number of hydrogen-bond donors (Lipinski definition) is 1. The van der Waals surface area contributed by atoms with Crippen molar-refractivity contribution < 1.29 is 9.59 Å². The molecule has 1 aliphatic rings. The number of amides is 2. The minimum absolute atomic E-state index is 0.142. The van der Waals surface area contributed by atoms with Crippen LogP contribution in [0.25, 0.3) is 0 Å². The minimum Gasteiger partial charge on any atom is -0.352 e. The van der Waals surface area contributed by atoms with Crippen molar-refractivity contribution in [1.82, 2.24) is 10.2 Å². The average Bonchev–Trinajstić information content (AvgIpc) is 2.91. The van der Waals surface area contributed by atoms with Gasteiger partial charge in [-0.05, 0) is 62.7 Å². The molecule has 2 rings (SSSR count). The van der Waals surface area contributed by atoms with Crippen molar-refractivity contribution in [3.63, 3.8) is 0 Å². The summed E-state index contributed by atoms with van der Waals surface area (Å²) < 4.78 is 0. The Kier molecular flexibility index (Phi) is 7.24. The summed E-state index contributed by atoms with van der Waals surface area (Å²) in [5.41, 5.74) is 1.38. The van der Waals surface area contributed by atoms with Crippen LogP contribution in [0.5, 0.6) is 0 Å². The lowest BCUT2D eigenvalue weighted by molar-refractivity contribution is -0.133. The summed E-state index contributed by atoms with van der Waals surface area (Å²) in [7, 11) is 0. The van der Waals surface area contributed by atoms with E-state index in [1.54, 1.807) is 0 Å². The summed E-state index contributed by atoms with van der Waals surface area (Å²) >= 11 is 1.83. The third-order valence-corrected chi connectivity index (χ3v) is 6.18. The first-order valence-electron chi connectivity index (χ1n) is 9.14. The zero-order valence-corrected chi connectivity index (χ0v) is 16.5. The Morgan fingerprint density at radius 2 is 2.20 bits per heavy atom. The van der Waals surface area contributed by atoms with Crippen molar-refractivity contribution in [2.24, 2.45) is 11.8 Å². The number of rotatable bonds is 7. The minimum atomic E-state index is -0.142. The second-order valence-corrected chi connectivity index (χ2v) is 8.57. The molecule has 0 saturated carbocycles. The van der Waals surface area contributed by atoms with Crippen molar-refractivity contribution in [2.75, 3.05) is 19.6 Å². The summed E-state index contributed by atoms with van der Waals surface area (Å²) in [6.45, 7) is 12.2. The summed E-state index contributed by atoms with van der Waals surface area (Å²) in [4.78, 5) is 28.6. The Morgan fingerprint density at radius 3 is 2.84 bits per heavy atom. The molecule has 0 aromatic carbocycles. The smallest absolute Gasteiger partial charge is 0.243 e. The van der Waals surface area contributed by atoms with E-state index in [-0.39, 0.29) is 11.8 Å². The lowest BCUT2D eigenvalue weighted by atomic mass is 9.86. The maximum atomic E-state index is 12.5. The van der Waals surface area contributed by atoms with Crippen LogP contribution >= 0.6 is 11.3 Å². The van der Waals surface area contributed by atoms with Crippen molar-refractivity contribution in [1.29, 1.82) is 0 Å². The van der Waals surface area contributed by atoms with Crippen LogP contribution in [0.2, 0.25) is 0 Å². The van der Waals surface area contributed by atoms with Gasteiger partial charge in [-0.25, -0.2) is 0 Å². The highest BCUT2D eigenvalue weighted by molar-refractivity contribution is 7.12. The molecule has 1 fully saturated rings. The predicted molar refractivity (Wildman–Crippen MR) is 104 cm³/mol. The lowest BCUT2D eigenvalue weighted by Gasteiger charge is -2.37. The van der Waals surface area contributed by atoms with Crippen LogP contribution in [0.3, 0.4) is 0 Å². The zero-order valence-electron chi connectivity index (χ0n) is 15.6. The molecule has 1 aliphatic heterocycles. The van der Waals surface area contributed by atoms with Crippen LogP contribution in [0.1, 0.15) is 41.5 Å². The van der Waals surface area contributed by atoms with E-state index in [0.717, 1.165) is 32.4 Å². The topological polar surface area (TPSA) is 49.4 Å². The predicted octanol–water partition coefficient (Wildman–Crippen LogP) is 3.47. The first-order chi connectivity index (χ1) is 11.9. The molecule has 2 unspecified atom stereocenters. The SMILES string of the molecule is C=CC(=O)NCC1CN(C(=O)CCCc2cc(C)sc2C)CCC1C. The van der Waals surface area contributed by atoms with Gasteiger partial charge in [0, 0.05) is 35.8 Å². The molecule has 2 atom stereocenters. The van der Waals surface area contributed by atoms with E-state index in [9.17, 15) is 9.59 Å². The van der Waals surface area contributed by atoms with Gasteiger partial charge in [-0.1, -0.05) is 13.5 Å². The first-order valence-corrected chi connectivity index (χ1v) is 9.96. The van der Waals surface area contributed by atoms with Crippen molar-refractivity contribution in [3.8, 4) is 0 Å². The molecule has 1 saturated heterocycles. The molecule has 1 N–H and O–H groups in total. The normalized spacial score (nSPS) is 20.4. The van der Waals surface area contributed by atoms with Gasteiger partial charge in [-0.2, -0.15) is 0 Å². The molecular formula is C20H30N2O2S. The van der Waals surface area contributed by atoms with Gasteiger partial charge < -0.3 is 10.2 Å². The van der Waals surface area contributed by atoms with E-state index in [1.807, 2.05) is 16.2 Å². The van der Waals surface area contributed by atoms with Crippen LogP contribution in [-0.4, -0.2) is 36.3 Å². The zero-order chi connectivity index (χ0) is 18.4. The van der Waals surface area contributed by atoms with Gasteiger partial charge >= 0.3 is 0 Å². The Hall–Kier alpha value is -1.62. The Labute approximate surface area is 155 Å². The van der Waals surface area contributed by atoms with Crippen LogP contribution in [-0.2, 0) is 16.0 Å². The summed E-state index contributed by atoms with van der Waals surface area (Å²) in [5.74, 6) is 0.947. The van der Waals surface area contributed by atoms with Gasteiger partial charge in [0.15, 0.2) is 0 Å². The summed E-state index contributed by atoms with van der Waals surface area (Å²) in [5, 5.41) is 2.87. The molecule has 0 aliphatic carbocycles. The fraction of sp³-hybridized carbons (Fsp3) is 0.600. The van der Waals surface area contributed by atoms with E-state index >= 15 is 0 Å². The van der Waals surface area contributed by atoms with Crippen LogP contribution < -0.4 is 5.32 Å². The third-order valence-electron chi connectivity index (χ3n) is 5.17. The summed E-state index contributed by atoms with van der Waals surface area (Å²) in [6, 6.07) is 2.24. The lowest BCUT2D eigenvalue weighted by Crippen LogP contribution is -2.46. The van der Waals surface area contributed by atoms with Crippen LogP contribution in [0, 0.1) is 25.7 Å². The quantitative estimate of drug-likeness (QED) is 0.755. The van der Waals surface area contributed by atoms with E-state index < -0.39 is 0 Å². The van der Waals surface area contributed by atoms with E-state index in [0.29, 0.717) is 24.8 Å². The average molecular weight is 363 g/mol. The van der Waals surface area contributed by atoms with Gasteiger partial charge in [0.05, 0.1) is 0 Å². The fourth-order valence-electron chi connectivity index (χ4n) is 3.47. The Bertz CT molecular complexity index is 623. The van der Waals surface area contributed by atoms with Gasteiger partial charge in [-0.3, -0.25) is 9.59 Å². The maximum absolute atomic E-state index is 12.5. The number of nitrogens with zero attached hydrogens (tertiary/aromatic N) is 1. The largest absolute Gasteiger partial charge is 0.352 e. The summed E-state index contributed by atoms with van der Waals surface area (Å²) in [6.07, 6.45) is 4.78. The molecule has 0 bridgehead atoms. The van der Waals surface area contributed by atoms with Crippen LogP contribution in [0.15, 0.2) is 18.7 Å². The Balaban J connectivity index is 1.79. The number of likely N-dealkylation sites (tertiary alicyclic amines) is 1. The van der Waals surface area contributed by atoms with Crippen molar-refractivity contribution >= 4 is 23.2 Å². The fourth-order valence-corrected chi connectivity index (χ4v) is 4.44. The first kappa shape index (κ1) is 19.7. The molecule has 138 valence electrons. The number of thiophene rings is 1. The second-order valence-electron chi connectivity index (χ2n) is 7.11. The molecule has 0 radical (unpaired) electrons. The maximum Gasteiger partial charge on any atom is 0.243 e. The molecule has 1 aromatic rings. The van der Waals surface area contributed by atoms with E-state index in [1.165, 1.54) is 21.4 Å². The standard InChI is InChI=1S/C20H30N2O2S/c1-5-19(23)21-12-18-13-22(10-9-14(18)2)20(24)8-6-7-17-11-15(3)25-16(17)4/h5,11,14,18H,1,6-10,12-13H2,2-4H3,(H,21,23). The monoisotopic (exact) mass is 362 g/mol. The van der Waals surface area contributed by atoms with Gasteiger partial charge in [0.25, 0.3) is 0 Å².